The minimum atomic E-state index is -0.313. The highest BCUT2D eigenvalue weighted by Crippen LogP contribution is 2.40. The number of hydrogen-bond acceptors (Lipinski definition) is 4. The number of nitrogens with one attached hydrogen (secondary N) is 2. The topological polar surface area (TPSA) is 62.7 Å². The van der Waals surface area contributed by atoms with Crippen LogP contribution in [0.15, 0.2) is 53.5 Å². The van der Waals surface area contributed by atoms with E-state index in [1.807, 2.05) is 12.1 Å². The van der Waals surface area contributed by atoms with Crippen molar-refractivity contribution in [3.05, 3.63) is 65.2 Å². The lowest BCUT2D eigenvalue weighted by Crippen LogP contribution is -2.48. The van der Waals surface area contributed by atoms with E-state index in [9.17, 15) is 4.79 Å². The molecule has 2 aliphatic rings. The number of fused-ring (bicyclic) bond motifs is 1. The van der Waals surface area contributed by atoms with Crippen LogP contribution in [-0.2, 0) is 17.7 Å². The molecular weight excluding hydrogens is 338 g/mol. The predicted molar refractivity (Wildman–Crippen MR) is 107 cm³/mol. The number of rotatable bonds is 3. The third-order valence-corrected chi connectivity index (χ3v) is 5.66. The van der Waals surface area contributed by atoms with E-state index in [0.29, 0.717) is 12.1 Å². The van der Waals surface area contributed by atoms with Gasteiger partial charge in [0.15, 0.2) is 0 Å². The molecule has 4 rings (SSSR count). The SMILES string of the molecule is COC(=O)c1ccc(CN=C2Nc3ccccc3CC23CCNCC3)cc1. The maximum atomic E-state index is 11.6. The number of aliphatic imine (C=N–C) groups is 1. The number of hydrogen-bond donors (Lipinski definition) is 2. The summed E-state index contributed by atoms with van der Waals surface area (Å²) >= 11 is 0. The van der Waals surface area contributed by atoms with Crippen molar-refractivity contribution in [2.45, 2.75) is 25.8 Å². The number of para-hydroxylation sites is 1. The number of carbonyl (C=O) groups excluding carboxylic acids is 1. The van der Waals surface area contributed by atoms with E-state index in [-0.39, 0.29) is 11.4 Å². The molecule has 1 fully saturated rings. The molecule has 1 saturated heterocycles. The molecule has 0 saturated carbocycles. The number of methoxy groups -OCH3 is 1. The molecule has 2 N–H and O–H groups in total. The first kappa shape index (κ1) is 17.7. The van der Waals surface area contributed by atoms with Crippen molar-refractivity contribution in [2.75, 3.05) is 25.5 Å². The van der Waals surface area contributed by atoms with Gasteiger partial charge in [0.1, 0.15) is 5.84 Å². The summed E-state index contributed by atoms with van der Waals surface area (Å²) in [5.41, 5.74) is 4.28. The molecule has 2 heterocycles. The Balaban J connectivity index is 1.59. The number of amidine groups is 1. The van der Waals surface area contributed by atoms with Crippen molar-refractivity contribution in [3.8, 4) is 0 Å². The normalized spacial score (nSPS) is 19.4. The molecule has 2 aromatic carbocycles. The minimum absolute atomic E-state index is 0.0888. The Hall–Kier alpha value is -2.66. The second-order valence-corrected chi connectivity index (χ2v) is 7.34. The molecule has 2 aromatic rings. The van der Waals surface area contributed by atoms with Gasteiger partial charge in [-0.1, -0.05) is 30.3 Å². The molecule has 140 valence electrons. The van der Waals surface area contributed by atoms with Gasteiger partial charge in [0.2, 0.25) is 0 Å². The first-order valence-electron chi connectivity index (χ1n) is 9.48. The largest absolute Gasteiger partial charge is 0.465 e. The lowest BCUT2D eigenvalue weighted by atomic mass is 9.71. The number of anilines is 1. The molecule has 5 heteroatoms. The predicted octanol–water partition coefficient (Wildman–Crippen LogP) is 3.41. The maximum absolute atomic E-state index is 11.6. The van der Waals surface area contributed by atoms with Gasteiger partial charge in [-0.25, -0.2) is 4.79 Å². The lowest BCUT2D eigenvalue weighted by Gasteiger charge is -2.42. The first-order chi connectivity index (χ1) is 13.2. The van der Waals surface area contributed by atoms with E-state index in [1.165, 1.54) is 18.4 Å². The molecule has 0 atom stereocenters. The number of piperidine rings is 1. The minimum Gasteiger partial charge on any atom is -0.465 e. The van der Waals surface area contributed by atoms with Crippen LogP contribution >= 0.6 is 0 Å². The lowest BCUT2D eigenvalue weighted by molar-refractivity contribution is 0.0600. The molecule has 2 aliphatic heterocycles. The van der Waals surface area contributed by atoms with Crippen LogP contribution in [0.4, 0.5) is 5.69 Å². The maximum Gasteiger partial charge on any atom is 0.337 e. The summed E-state index contributed by atoms with van der Waals surface area (Å²) in [5, 5.41) is 7.09. The summed E-state index contributed by atoms with van der Waals surface area (Å²) in [6, 6.07) is 16.0. The van der Waals surface area contributed by atoms with Crippen LogP contribution in [0.1, 0.15) is 34.3 Å². The Morgan fingerprint density at radius 3 is 2.59 bits per heavy atom. The fourth-order valence-corrected chi connectivity index (χ4v) is 4.07. The van der Waals surface area contributed by atoms with Crippen molar-refractivity contribution in [2.24, 2.45) is 10.4 Å². The molecule has 0 aromatic heterocycles. The van der Waals surface area contributed by atoms with E-state index in [0.717, 1.165) is 43.8 Å². The van der Waals surface area contributed by atoms with Gasteiger partial charge >= 0.3 is 5.97 Å². The van der Waals surface area contributed by atoms with Gasteiger partial charge in [0.05, 0.1) is 19.2 Å². The van der Waals surface area contributed by atoms with Crippen LogP contribution in [0, 0.1) is 5.41 Å². The second-order valence-electron chi connectivity index (χ2n) is 7.34. The van der Waals surface area contributed by atoms with E-state index in [4.69, 9.17) is 9.73 Å². The number of benzene rings is 2. The summed E-state index contributed by atoms with van der Waals surface area (Å²) < 4.78 is 4.76. The van der Waals surface area contributed by atoms with Crippen molar-refractivity contribution < 1.29 is 9.53 Å². The van der Waals surface area contributed by atoms with Gasteiger partial charge in [0.25, 0.3) is 0 Å². The summed E-state index contributed by atoms with van der Waals surface area (Å²) in [4.78, 5) is 16.6. The quantitative estimate of drug-likeness (QED) is 0.821. The van der Waals surface area contributed by atoms with E-state index >= 15 is 0 Å². The number of esters is 1. The van der Waals surface area contributed by atoms with Gasteiger partial charge in [-0.3, -0.25) is 4.99 Å². The molecule has 0 aliphatic carbocycles. The smallest absolute Gasteiger partial charge is 0.337 e. The van der Waals surface area contributed by atoms with E-state index < -0.39 is 0 Å². The highest BCUT2D eigenvalue weighted by atomic mass is 16.5. The number of ether oxygens (including phenoxy) is 1. The average molecular weight is 363 g/mol. The van der Waals surface area contributed by atoms with Gasteiger partial charge in [-0.15, -0.1) is 0 Å². The Bertz CT molecular complexity index is 852. The monoisotopic (exact) mass is 363 g/mol. The van der Waals surface area contributed by atoms with Crippen LogP contribution in [0.3, 0.4) is 0 Å². The van der Waals surface area contributed by atoms with Crippen LogP contribution < -0.4 is 10.6 Å². The highest BCUT2D eigenvalue weighted by Gasteiger charge is 2.40. The van der Waals surface area contributed by atoms with Crippen LogP contribution in [-0.4, -0.2) is 32.0 Å². The van der Waals surface area contributed by atoms with Crippen molar-refractivity contribution in [1.82, 2.24) is 5.32 Å². The summed E-state index contributed by atoms with van der Waals surface area (Å²) in [7, 11) is 1.40. The number of nitrogens with zero attached hydrogens (tertiary/aromatic N) is 1. The molecular formula is C22H25N3O2. The van der Waals surface area contributed by atoms with E-state index in [2.05, 4.69) is 34.9 Å². The third kappa shape index (κ3) is 3.60. The average Bonchev–Trinajstić information content (AvgIpc) is 2.72. The molecule has 0 unspecified atom stereocenters. The summed E-state index contributed by atoms with van der Waals surface area (Å²) in [5.74, 6) is 0.784. The zero-order valence-corrected chi connectivity index (χ0v) is 15.6. The Morgan fingerprint density at radius 2 is 1.85 bits per heavy atom. The first-order valence-corrected chi connectivity index (χ1v) is 9.48. The van der Waals surface area contributed by atoms with Crippen LogP contribution in [0.25, 0.3) is 0 Å². The molecule has 0 bridgehead atoms. The Morgan fingerprint density at radius 1 is 1.11 bits per heavy atom. The van der Waals surface area contributed by atoms with Crippen LogP contribution in [0.2, 0.25) is 0 Å². The Kier molecular flexibility index (Phi) is 4.94. The van der Waals surface area contributed by atoms with Crippen molar-refractivity contribution in [3.63, 3.8) is 0 Å². The van der Waals surface area contributed by atoms with Gasteiger partial charge in [0, 0.05) is 11.1 Å². The number of carbonyl (C=O) groups is 1. The zero-order valence-electron chi connectivity index (χ0n) is 15.6. The third-order valence-electron chi connectivity index (χ3n) is 5.66. The Labute approximate surface area is 159 Å². The fraction of sp³-hybridized carbons (Fsp3) is 0.364. The van der Waals surface area contributed by atoms with Gasteiger partial charge in [-0.2, -0.15) is 0 Å². The van der Waals surface area contributed by atoms with E-state index in [1.54, 1.807) is 12.1 Å². The summed E-state index contributed by atoms with van der Waals surface area (Å²) in [6.07, 6.45) is 3.22. The molecule has 0 amide bonds. The van der Waals surface area contributed by atoms with Crippen LogP contribution in [0.5, 0.6) is 0 Å². The summed E-state index contributed by atoms with van der Waals surface area (Å²) in [6.45, 7) is 2.65. The zero-order chi connectivity index (χ0) is 18.7. The second kappa shape index (κ2) is 7.53. The molecule has 5 nitrogen and oxygen atoms in total. The molecule has 27 heavy (non-hydrogen) atoms. The van der Waals surface area contributed by atoms with Crippen molar-refractivity contribution >= 4 is 17.5 Å². The highest BCUT2D eigenvalue weighted by molar-refractivity contribution is 6.02. The fourth-order valence-electron chi connectivity index (χ4n) is 4.07. The molecule has 0 radical (unpaired) electrons. The van der Waals surface area contributed by atoms with Gasteiger partial charge < -0.3 is 15.4 Å². The van der Waals surface area contributed by atoms with Gasteiger partial charge in [-0.05, 0) is 61.7 Å². The molecule has 1 spiro atoms. The van der Waals surface area contributed by atoms with Crippen molar-refractivity contribution in [1.29, 1.82) is 0 Å². The standard InChI is InChI=1S/C22H25N3O2/c1-27-20(26)17-8-6-16(7-9-17)15-24-21-22(10-12-23-13-11-22)14-18-4-2-3-5-19(18)25-21/h2-9,23H,10-15H2,1H3,(H,24,25).